The van der Waals surface area contributed by atoms with E-state index in [0.29, 0.717) is 18.4 Å². The van der Waals surface area contributed by atoms with Gasteiger partial charge in [0.05, 0.1) is 23.8 Å². The number of aromatic amines is 1. The van der Waals surface area contributed by atoms with E-state index < -0.39 is 0 Å². The fourth-order valence-corrected chi connectivity index (χ4v) is 2.54. The van der Waals surface area contributed by atoms with Crippen LogP contribution in [-0.4, -0.2) is 34.5 Å². The third-order valence-electron chi connectivity index (χ3n) is 4.02. The van der Waals surface area contributed by atoms with Crippen molar-refractivity contribution in [2.75, 3.05) is 13.6 Å². The normalized spacial score (nSPS) is 12.5. The zero-order valence-corrected chi connectivity index (χ0v) is 15.8. The maximum atomic E-state index is 5.78. The summed E-state index contributed by atoms with van der Waals surface area (Å²) in [6.45, 7) is 7.51. The zero-order valence-electron chi connectivity index (χ0n) is 15.8. The molecule has 0 aliphatic carbocycles. The van der Waals surface area contributed by atoms with E-state index in [-0.39, 0.29) is 5.41 Å². The predicted octanol–water partition coefficient (Wildman–Crippen LogP) is 2.76. The van der Waals surface area contributed by atoms with Crippen molar-refractivity contribution in [1.29, 1.82) is 0 Å². The van der Waals surface area contributed by atoms with Crippen molar-refractivity contribution in [3.8, 4) is 0 Å². The van der Waals surface area contributed by atoms with Crippen LogP contribution in [0.2, 0.25) is 0 Å². The second-order valence-electron chi connectivity index (χ2n) is 7.17. The van der Waals surface area contributed by atoms with Crippen molar-refractivity contribution in [3.05, 3.63) is 47.9 Å². The van der Waals surface area contributed by atoms with E-state index >= 15 is 0 Å². The van der Waals surface area contributed by atoms with Gasteiger partial charge in [-0.25, -0.2) is 9.97 Å². The Morgan fingerprint density at radius 1 is 1.23 bits per heavy atom. The standard InChI is InChI=1S/C19H26N6O/c1-19(2,3)15-11-22-17(26-15)12-23-18(20-4)21-10-9-16-24-13-7-5-6-8-14(13)25-16/h5-8,11H,9-10,12H2,1-4H3,(H,24,25)(H2,20,21,23). The Hall–Kier alpha value is -2.83. The van der Waals surface area contributed by atoms with Gasteiger partial charge < -0.3 is 20.0 Å². The summed E-state index contributed by atoms with van der Waals surface area (Å²) in [5.74, 6) is 3.19. The number of nitrogens with one attached hydrogen (secondary N) is 3. The molecule has 1 aromatic carbocycles. The molecule has 3 N–H and O–H groups in total. The minimum absolute atomic E-state index is 0.0439. The largest absolute Gasteiger partial charge is 0.443 e. The monoisotopic (exact) mass is 354 g/mol. The first kappa shape index (κ1) is 18.0. The molecule has 7 nitrogen and oxygen atoms in total. The number of benzene rings is 1. The van der Waals surface area contributed by atoms with Crippen molar-refractivity contribution >= 4 is 17.0 Å². The smallest absolute Gasteiger partial charge is 0.213 e. The van der Waals surface area contributed by atoms with Gasteiger partial charge in [-0.15, -0.1) is 0 Å². The van der Waals surface area contributed by atoms with Crippen LogP contribution < -0.4 is 10.6 Å². The third kappa shape index (κ3) is 4.41. The van der Waals surface area contributed by atoms with Crippen LogP contribution in [0.1, 0.15) is 38.2 Å². The van der Waals surface area contributed by atoms with Gasteiger partial charge in [0.15, 0.2) is 5.96 Å². The summed E-state index contributed by atoms with van der Waals surface area (Å²) < 4.78 is 5.78. The highest BCUT2D eigenvalue weighted by Crippen LogP contribution is 2.22. The summed E-state index contributed by atoms with van der Waals surface area (Å²) in [5.41, 5.74) is 2.00. The summed E-state index contributed by atoms with van der Waals surface area (Å²) in [6, 6.07) is 8.03. The quantitative estimate of drug-likeness (QED) is 0.484. The summed E-state index contributed by atoms with van der Waals surface area (Å²) in [5, 5.41) is 6.49. The number of hydrogen-bond acceptors (Lipinski definition) is 4. The molecule has 0 unspecified atom stereocenters. The van der Waals surface area contributed by atoms with Gasteiger partial charge in [0, 0.05) is 25.4 Å². The van der Waals surface area contributed by atoms with Gasteiger partial charge in [-0.1, -0.05) is 32.9 Å². The van der Waals surface area contributed by atoms with Crippen LogP contribution in [0.4, 0.5) is 0 Å². The van der Waals surface area contributed by atoms with Crippen molar-refractivity contribution < 1.29 is 4.42 Å². The molecule has 2 aromatic heterocycles. The molecule has 2 heterocycles. The lowest BCUT2D eigenvalue weighted by molar-refractivity contribution is 0.379. The van der Waals surface area contributed by atoms with E-state index in [1.165, 1.54) is 0 Å². The molecule has 3 rings (SSSR count). The van der Waals surface area contributed by atoms with Gasteiger partial charge >= 0.3 is 0 Å². The van der Waals surface area contributed by atoms with Gasteiger partial charge in [-0.05, 0) is 12.1 Å². The molecule has 26 heavy (non-hydrogen) atoms. The van der Waals surface area contributed by atoms with Gasteiger partial charge in [-0.3, -0.25) is 4.99 Å². The first-order valence-corrected chi connectivity index (χ1v) is 8.79. The number of rotatable bonds is 5. The summed E-state index contributed by atoms with van der Waals surface area (Å²) in [4.78, 5) is 16.4. The SMILES string of the molecule is CN=C(NCCc1nc2ccccc2[nH]1)NCc1ncc(C(C)(C)C)o1. The van der Waals surface area contributed by atoms with Gasteiger partial charge in [-0.2, -0.15) is 0 Å². The number of nitrogens with zero attached hydrogens (tertiary/aromatic N) is 3. The lowest BCUT2D eigenvalue weighted by Crippen LogP contribution is -2.38. The number of aromatic nitrogens is 3. The number of para-hydroxylation sites is 2. The van der Waals surface area contributed by atoms with Crippen molar-refractivity contribution in [2.45, 2.75) is 39.2 Å². The Labute approximate surface area is 153 Å². The topological polar surface area (TPSA) is 91.1 Å². The van der Waals surface area contributed by atoms with Crippen LogP contribution >= 0.6 is 0 Å². The number of hydrogen-bond donors (Lipinski definition) is 3. The average Bonchev–Trinajstić information content (AvgIpc) is 3.23. The minimum atomic E-state index is -0.0439. The number of fused-ring (bicyclic) bond motifs is 1. The zero-order chi connectivity index (χ0) is 18.6. The molecule has 0 saturated heterocycles. The fourth-order valence-electron chi connectivity index (χ4n) is 2.54. The lowest BCUT2D eigenvalue weighted by atomic mass is 9.94. The Bertz CT molecular complexity index is 854. The van der Waals surface area contributed by atoms with E-state index in [0.717, 1.165) is 35.6 Å². The molecule has 0 fully saturated rings. The van der Waals surface area contributed by atoms with E-state index in [1.54, 1.807) is 13.2 Å². The highest BCUT2D eigenvalue weighted by atomic mass is 16.4. The van der Waals surface area contributed by atoms with Crippen LogP contribution in [0.5, 0.6) is 0 Å². The van der Waals surface area contributed by atoms with Crippen LogP contribution in [0, 0.1) is 0 Å². The molecule has 7 heteroatoms. The highest BCUT2D eigenvalue weighted by molar-refractivity contribution is 5.79. The third-order valence-corrected chi connectivity index (χ3v) is 4.02. The number of H-pyrrole nitrogens is 1. The van der Waals surface area contributed by atoms with Crippen molar-refractivity contribution in [3.63, 3.8) is 0 Å². The molecule has 0 aliphatic heterocycles. The highest BCUT2D eigenvalue weighted by Gasteiger charge is 2.19. The Morgan fingerprint density at radius 2 is 2.04 bits per heavy atom. The Kier molecular flexibility index (Phi) is 5.25. The van der Waals surface area contributed by atoms with Crippen molar-refractivity contribution in [1.82, 2.24) is 25.6 Å². The summed E-state index contributed by atoms with van der Waals surface area (Å²) >= 11 is 0. The van der Waals surface area contributed by atoms with Gasteiger partial charge in [0.25, 0.3) is 0 Å². The maximum Gasteiger partial charge on any atom is 0.213 e. The van der Waals surface area contributed by atoms with E-state index in [1.807, 2.05) is 24.3 Å². The maximum absolute atomic E-state index is 5.78. The van der Waals surface area contributed by atoms with Gasteiger partial charge in [0.1, 0.15) is 11.6 Å². The molecule has 0 spiro atoms. The number of imidazole rings is 1. The molecular weight excluding hydrogens is 328 g/mol. The summed E-state index contributed by atoms with van der Waals surface area (Å²) in [6.07, 6.45) is 2.57. The minimum Gasteiger partial charge on any atom is -0.443 e. The molecule has 138 valence electrons. The molecular formula is C19H26N6O. The van der Waals surface area contributed by atoms with E-state index in [4.69, 9.17) is 4.42 Å². The molecule has 0 amide bonds. The van der Waals surface area contributed by atoms with Crippen LogP contribution in [-0.2, 0) is 18.4 Å². The number of guanidine groups is 1. The Balaban J connectivity index is 1.48. The second kappa shape index (κ2) is 7.59. The first-order valence-electron chi connectivity index (χ1n) is 8.79. The molecule has 0 aliphatic rings. The fraction of sp³-hybridized carbons (Fsp3) is 0.421. The molecule has 0 radical (unpaired) electrons. The molecule has 0 saturated carbocycles. The number of oxazole rings is 1. The van der Waals surface area contributed by atoms with E-state index in [9.17, 15) is 0 Å². The first-order chi connectivity index (χ1) is 12.5. The predicted molar refractivity (Wildman–Crippen MR) is 103 cm³/mol. The van der Waals surface area contributed by atoms with Gasteiger partial charge in [0.2, 0.25) is 5.89 Å². The summed E-state index contributed by atoms with van der Waals surface area (Å²) in [7, 11) is 1.74. The van der Waals surface area contributed by atoms with Crippen LogP contribution in [0.3, 0.4) is 0 Å². The molecule has 3 aromatic rings. The lowest BCUT2D eigenvalue weighted by Gasteiger charge is -2.13. The molecule has 0 atom stereocenters. The molecule has 0 bridgehead atoms. The Morgan fingerprint density at radius 3 is 2.73 bits per heavy atom. The second-order valence-corrected chi connectivity index (χ2v) is 7.17. The van der Waals surface area contributed by atoms with Crippen LogP contribution in [0.25, 0.3) is 11.0 Å². The average molecular weight is 354 g/mol. The number of aliphatic imine (C=N–C) groups is 1. The van der Waals surface area contributed by atoms with E-state index in [2.05, 4.69) is 51.3 Å². The van der Waals surface area contributed by atoms with Crippen LogP contribution in [0.15, 0.2) is 39.9 Å². The van der Waals surface area contributed by atoms with Crippen molar-refractivity contribution in [2.24, 2.45) is 4.99 Å².